The molecule has 0 spiro atoms. The third kappa shape index (κ3) is 6.78. The Bertz CT molecular complexity index is 1100. The third-order valence-electron chi connectivity index (χ3n) is 4.01. The van der Waals surface area contributed by atoms with Crippen molar-refractivity contribution < 1.29 is 27.5 Å². The summed E-state index contributed by atoms with van der Waals surface area (Å²) in [5.74, 6) is -1.93. The highest BCUT2D eigenvalue weighted by Crippen LogP contribution is 2.26. The van der Waals surface area contributed by atoms with Crippen molar-refractivity contribution >= 4 is 45.1 Å². The van der Waals surface area contributed by atoms with Gasteiger partial charge in [-0.25, -0.2) is 12.7 Å². The lowest BCUT2D eigenvalue weighted by molar-refractivity contribution is -0.146. The maximum atomic E-state index is 12.3. The van der Waals surface area contributed by atoms with Crippen molar-refractivity contribution in [2.75, 3.05) is 32.6 Å². The van der Waals surface area contributed by atoms with Gasteiger partial charge in [-0.05, 0) is 37.3 Å². The van der Waals surface area contributed by atoms with E-state index >= 15 is 0 Å². The number of halogens is 1. The fourth-order valence-corrected chi connectivity index (χ4v) is 3.80. The Kier molecular flexibility index (Phi) is 8.14. The minimum Gasteiger partial charge on any atom is -0.454 e. The number of hydrogen-bond acceptors (Lipinski definition) is 6. The van der Waals surface area contributed by atoms with Crippen LogP contribution in [0.25, 0.3) is 0 Å². The number of aryl methyl sites for hydroxylation is 1. The van der Waals surface area contributed by atoms with Crippen LogP contribution < -0.4 is 10.6 Å². The molecule has 0 unspecified atom stereocenters. The first kappa shape index (κ1) is 24.3. The largest absolute Gasteiger partial charge is 0.454 e. The summed E-state index contributed by atoms with van der Waals surface area (Å²) in [6.07, 6.45) is 0. The summed E-state index contributed by atoms with van der Waals surface area (Å²) in [5, 5.41) is 4.84. The van der Waals surface area contributed by atoms with E-state index in [1.165, 1.54) is 32.3 Å². The number of rotatable bonds is 8. The molecule has 2 aromatic rings. The normalized spacial score (nSPS) is 11.1. The van der Waals surface area contributed by atoms with Crippen molar-refractivity contribution in [1.82, 2.24) is 9.62 Å². The summed E-state index contributed by atoms with van der Waals surface area (Å²) in [7, 11) is -1.10. The Balaban J connectivity index is 1.88. The maximum Gasteiger partial charge on any atom is 0.325 e. The second-order valence-electron chi connectivity index (χ2n) is 6.69. The fraction of sp³-hybridized carbons (Fsp3) is 0.250. The molecule has 2 amide bonds. The van der Waals surface area contributed by atoms with Crippen LogP contribution in [0.1, 0.15) is 15.9 Å². The molecule has 0 aliphatic heterocycles. The first-order chi connectivity index (χ1) is 14.5. The Morgan fingerprint density at radius 2 is 1.81 bits per heavy atom. The van der Waals surface area contributed by atoms with Gasteiger partial charge in [-0.3, -0.25) is 14.4 Å². The van der Waals surface area contributed by atoms with Gasteiger partial charge in [0.1, 0.15) is 11.4 Å². The van der Waals surface area contributed by atoms with E-state index < -0.39 is 41.0 Å². The van der Waals surface area contributed by atoms with E-state index in [1.54, 1.807) is 18.2 Å². The highest BCUT2D eigenvalue weighted by atomic mass is 35.5. The van der Waals surface area contributed by atoms with E-state index in [4.69, 9.17) is 16.3 Å². The molecule has 0 saturated heterocycles. The number of nitrogens with zero attached hydrogens (tertiary/aromatic N) is 1. The lowest BCUT2D eigenvalue weighted by Gasteiger charge is -2.14. The molecule has 0 fully saturated rings. The van der Waals surface area contributed by atoms with Gasteiger partial charge in [-0.15, -0.1) is 0 Å². The minimum absolute atomic E-state index is 0.00229. The smallest absolute Gasteiger partial charge is 0.325 e. The highest BCUT2D eigenvalue weighted by Gasteiger charge is 2.21. The molecule has 0 saturated carbocycles. The molecule has 2 rings (SSSR count). The molecule has 0 aliphatic rings. The molecule has 0 aliphatic carbocycles. The van der Waals surface area contributed by atoms with Crippen LogP contribution in [-0.4, -0.2) is 57.8 Å². The Morgan fingerprint density at radius 3 is 2.45 bits per heavy atom. The number of esters is 1. The quantitative estimate of drug-likeness (QED) is 0.571. The summed E-state index contributed by atoms with van der Waals surface area (Å²) in [5.41, 5.74) is 1.46. The molecule has 0 bridgehead atoms. The Morgan fingerprint density at radius 1 is 1.10 bits per heavy atom. The lowest BCUT2D eigenvalue weighted by atomic mass is 10.1. The number of carbonyl (C=O) groups is 3. The van der Waals surface area contributed by atoms with Crippen LogP contribution in [0.2, 0.25) is 5.02 Å². The lowest BCUT2D eigenvalue weighted by Crippen LogP contribution is -2.32. The van der Waals surface area contributed by atoms with E-state index in [0.717, 1.165) is 9.87 Å². The van der Waals surface area contributed by atoms with Crippen molar-refractivity contribution in [2.45, 2.75) is 11.8 Å². The van der Waals surface area contributed by atoms with Crippen molar-refractivity contribution in [2.24, 2.45) is 0 Å². The van der Waals surface area contributed by atoms with E-state index in [0.29, 0.717) is 5.56 Å². The zero-order chi connectivity index (χ0) is 23.2. The fourth-order valence-electron chi connectivity index (χ4n) is 2.41. The topological polar surface area (TPSA) is 122 Å². The van der Waals surface area contributed by atoms with Gasteiger partial charge in [0.05, 0.1) is 5.02 Å². The molecule has 9 nitrogen and oxygen atoms in total. The molecule has 0 heterocycles. The number of sulfonamides is 1. The monoisotopic (exact) mass is 467 g/mol. The van der Waals surface area contributed by atoms with Crippen LogP contribution in [0.3, 0.4) is 0 Å². The first-order valence-corrected chi connectivity index (χ1v) is 10.8. The molecular formula is C20H22ClN3O6S. The highest BCUT2D eigenvalue weighted by molar-refractivity contribution is 7.89. The molecule has 0 radical (unpaired) electrons. The number of anilines is 1. The van der Waals surface area contributed by atoms with Gasteiger partial charge in [-0.1, -0.05) is 29.3 Å². The third-order valence-corrected chi connectivity index (χ3v) is 6.31. The van der Waals surface area contributed by atoms with E-state index in [-0.39, 0.29) is 15.6 Å². The van der Waals surface area contributed by atoms with E-state index in [2.05, 4.69) is 10.6 Å². The summed E-state index contributed by atoms with van der Waals surface area (Å²) < 4.78 is 30.4. The van der Waals surface area contributed by atoms with Crippen molar-refractivity contribution in [3.63, 3.8) is 0 Å². The minimum atomic E-state index is -3.81. The van der Waals surface area contributed by atoms with Gasteiger partial charge < -0.3 is 15.4 Å². The van der Waals surface area contributed by atoms with Gasteiger partial charge in [0, 0.05) is 25.3 Å². The number of benzene rings is 2. The number of nitrogens with one attached hydrogen (secondary N) is 2. The van der Waals surface area contributed by atoms with Crippen molar-refractivity contribution in [3.8, 4) is 0 Å². The van der Waals surface area contributed by atoms with Crippen LogP contribution in [0.4, 0.5) is 5.69 Å². The number of amides is 2. The second-order valence-corrected chi connectivity index (χ2v) is 9.22. The summed E-state index contributed by atoms with van der Waals surface area (Å²) in [4.78, 5) is 35.6. The molecule has 11 heteroatoms. The number of hydrogen-bond donors (Lipinski definition) is 2. The standard InChI is InChI=1S/C20H22ClN3O6S/c1-13-5-4-6-14(9-13)20(27)22-11-19(26)30-12-18(25)23-15-7-8-16(21)17(10-15)31(28,29)24(2)3/h4-10H,11-12H2,1-3H3,(H,22,27)(H,23,25). The predicted molar refractivity (Wildman–Crippen MR) is 115 cm³/mol. The van der Waals surface area contributed by atoms with Crippen LogP contribution in [-0.2, 0) is 24.3 Å². The second kappa shape index (κ2) is 10.4. The summed E-state index contributed by atoms with van der Waals surface area (Å²) in [6.45, 7) is 0.812. The summed E-state index contributed by atoms with van der Waals surface area (Å²) in [6, 6.07) is 10.8. The van der Waals surface area contributed by atoms with E-state index in [9.17, 15) is 22.8 Å². The molecule has 31 heavy (non-hydrogen) atoms. The van der Waals surface area contributed by atoms with Gasteiger partial charge in [0.2, 0.25) is 10.0 Å². The zero-order valence-electron chi connectivity index (χ0n) is 17.1. The van der Waals surface area contributed by atoms with Crippen molar-refractivity contribution in [3.05, 3.63) is 58.6 Å². The predicted octanol–water partition coefficient (Wildman–Crippen LogP) is 1.81. The molecule has 0 atom stereocenters. The molecule has 2 aromatic carbocycles. The average Bonchev–Trinajstić information content (AvgIpc) is 2.71. The van der Waals surface area contributed by atoms with Gasteiger partial charge >= 0.3 is 5.97 Å². The molecule has 2 N–H and O–H groups in total. The van der Waals surface area contributed by atoms with Crippen LogP contribution >= 0.6 is 11.6 Å². The molecular weight excluding hydrogens is 446 g/mol. The average molecular weight is 468 g/mol. The van der Waals surface area contributed by atoms with Crippen molar-refractivity contribution in [1.29, 1.82) is 0 Å². The van der Waals surface area contributed by atoms with Crippen LogP contribution in [0, 0.1) is 6.92 Å². The van der Waals surface area contributed by atoms with Gasteiger partial charge in [0.15, 0.2) is 6.61 Å². The Hall–Kier alpha value is -2.95. The zero-order valence-corrected chi connectivity index (χ0v) is 18.7. The van der Waals surface area contributed by atoms with Crippen LogP contribution in [0.15, 0.2) is 47.4 Å². The SMILES string of the molecule is Cc1cccc(C(=O)NCC(=O)OCC(=O)Nc2ccc(Cl)c(S(=O)(=O)N(C)C)c2)c1. The van der Waals surface area contributed by atoms with Gasteiger partial charge in [0.25, 0.3) is 11.8 Å². The molecule has 0 aromatic heterocycles. The van der Waals surface area contributed by atoms with Crippen LogP contribution in [0.5, 0.6) is 0 Å². The maximum absolute atomic E-state index is 12.3. The Labute approximate surface area is 185 Å². The number of ether oxygens (including phenoxy) is 1. The number of carbonyl (C=O) groups excluding carboxylic acids is 3. The summed E-state index contributed by atoms with van der Waals surface area (Å²) >= 11 is 5.95. The first-order valence-electron chi connectivity index (χ1n) is 9.03. The van der Waals surface area contributed by atoms with Gasteiger partial charge in [-0.2, -0.15) is 0 Å². The molecule has 166 valence electrons. The van der Waals surface area contributed by atoms with E-state index in [1.807, 2.05) is 13.0 Å².